The fraction of sp³-hybridized carbons (Fsp3) is 0.462. The predicted octanol–water partition coefficient (Wildman–Crippen LogP) is 0.209. The third-order valence-corrected chi connectivity index (χ3v) is 4.53. The average Bonchev–Trinajstić information content (AvgIpc) is 2.48. The molecule has 1 aliphatic rings. The molecule has 0 aromatic carbocycles. The first-order chi connectivity index (χ1) is 10.00. The number of morpholine rings is 1. The maximum atomic E-state index is 11.6. The van der Waals surface area contributed by atoms with Crippen molar-refractivity contribution < 1.29 is 17.9 Å². The average molecular weight is 312 g/mol. The molecule has 0 saturated carbocycles. The number of hydrogen-bond donors (Lipinski definition) is 1. The Labute approximate surface area is 124 Å². The second-order valence-corrected chi connectivity index (χ2v) is 6.52. The summed E-state index contributed by atoms with van der Waals surface area (Å²) in [4.78, 5) is 16.9. The SMILES string of the molecule is NC(=O)S(=O)(=O)c1cc([CH]CCN2CCOCC2)ccn1. The molecule has 0 spiro atoms. The Morgan fingerprint density at radius 1 is 1.43 bits per heavy atom. The Balaban J connectivity index is 1.93. The second kappa shape index (κ2) is 6.97. The minimum Gasteiger partial charge on any atom is -0.379 e. The van der Waals surface area contributed by atoms with E-state index in [4.69, 9.17) is 10.5 Å². The van der Waals surface area contributed by atoms with E-state index in [1.54, 1.807) is 6.07 Å². The van der Waals surface area contributed by atoms with E-state index in [0.29, 0.717) is 5.56 Å². The highest BCUT2D eigenvalue weighted by atomic mass is 32.2. The van der Waals surface area contributed by atoms with Gasteiger partial charge in [-0.3, -0.25) is 9.69 Å². The molecule has 1 aromatic heterocycles. The van der Waals surface area contributed by atoms with Crippen LogP contribution in [0.25, 0.3) is 0 Å². The molecule has 1 aliphatic heterocycles. The summed E-state index contributed by atoms with van der Waals surface area (Å²) >= 11 is 0. The second-order valence-electron chi connectivity index (χ2n) is 4.70. The summed E-state index contributed by atoms with van der Waals surface area (Å²) in [6.07, 6.45) is 4.05. The van der Waals surface area contributed by atoms with Crippen LogP contribution in [0.3, 0.4) is 0 Å². The van der Waals surface area contributed by atoms with Gasteiger partial charge in [0.15, 0.2) is 5.03 Å². The van der Waals surface area contributed by atoms with Gasteiger partial charge in [0.25, 0.3) is 9.84 Å². The number of carbonyl (C=O) groups is 1. The van der Waals surface area contributed by atoms with Crippen molar-refractivity contribution in [3.05, 3.63) is 30.3 Å². The van der Waals surface area contributed by atoms with Gasteiger partial charge in [-0.15, -0.1) is 0 Å². The number of amides is 1. The van der Waals surface area contributed by atoms with E-state index in [9.17, 15) is 13.2 Å². The van der Waals surface area contributed by atoms with Crippen LogP contribution in [0.5, 0.6) is 0 Å². The van der Waals surface area contributed by atoms with Gasteiger partial charge < -0.3 is 10.5 Å². The highest BCUT2D eigenvalue weighted by Crippen LogP contribution is 2.13. The van der Waals surface area contributed by atoms with E-state index < -0.39 is 15.1 Å². The molecule has 21 heavy (non-hydrogen) atoms. The number of ether oxygens (including phenoxy) is 1. The normalized spacial score (nSPS) is 16.8. The van der Waals surface area contributed by atoms with Gasteiger partial charge >= 0.3 is 5.24 Å². The summed E-state index contributed by atoms with van der Waals surface area (Å²) in [7, 11) is -4.16. The molecule has 0 unspecified atom stereocenters. The third kappa shape index (κ3) is 4.23. The number of carbonyl (C=O) groups excluding carboxylic acids is 1. The van der Waals surface area contributed by atoms with Crippen LogP contribution in [0.2, 0.25) is 0 Å². The molecule has 1 aromatic rings. The number of nitrogens with zero attached hydrogens (tertiary/aromatic N) is 2. The quantitative estimate of drug-likeness (QED) is 0.833. The Morgan fingerprint density at radius 2 is 2.14 bits per heavy atom. The van der Waals surface area contributed by atoms with Crippen molar-refractivity contribution >= 4 is 15.1 Å². The molecular weight excluding hydrogens is 294 g/mol. The molecule has 2 N–H and O–H groups in total. The van der Waals surface area contributed by atoms with Crippen LogP contribution >= 0.6 is 0 Å². The van der Waals surface area contributed by atoms with Crippen molar-refractivity contribution in [3.63, 3.8) is 0 Å². The lowest BCUT2D eigenvalue weighted by Crippen LogP contribution is -2.36. The summed E-state index contributed by atoms with van der Waals surface area (Å²) < 4.78 is 28.5. The number of aromatic nitrogens is 1. The maximum absolute atomic E-state index is 11.6. The van der Waals surface area contributed by atoms with Crippen molar-refractivity contribution in [1.29, 1.82) is 0 Å². The Morgan fingerprint density at radius 3 is 2.81 bits per heavy atom. The summed E-state index contributed by atoms with van der Waals surface area (Å²) in [5.41, 5.74) is 5.56. The van der Waals surface area contributed by atoms with Crippen LogP contribution in [0, 0.1) is 6.42 Å². The molecule has 0 aliphatic carbocycles. The van der Waals surface area contributed by atoms with E-state index >= 15 is 0 Å². The number of rotatable bonds is 5. The zero-order valence-electron chi connectivity index (χ0n) is 11.6. The lowest BCUT2D eigenvalue weighted by Gasteiger charge is -2.26. The first-order valence-electron chi connectivity index (χ1n) is 6.64. The van der Waals surface area contributed by atoms with E-state index in [0.717, 1.165) is 39.3 Å². The Kier molecular flexibility index (Phi) is 5.27. The van der Waals surface area contributed by atoms with Gasteiger partial charge in [0.2, 0.25) is 0 Å². The van der Waals surface area contributed by atoms with Crippen LogP contribution < -0.4 is 5.73 Å². The van der Waals surface area contributed by atoms with Gasteiger partial charge in [0.1, 0.15) is 0 Å². The van der Waals surface area contributed by atoms with Crippen molar-refractivity contribution in [2.75, 3.05) is 32.8 Å². The van der Waals surface area contributed by atoms with Crippen molar-refractivity contribution in [2.24, 2.45) is 5.73 Å². The van der Waals surface area contributed by atoms with E-state index in [-0.39, 0.29) is 5.03 Å². The number of sulfone groups is 1. The third-order valence-electron chi connectivity index (χ3n) is 3.23. The van der Waals surface area contributed by atoms with Crippen LogP contribution in [0.1, 0.15) is 12.0 Å². The summed E-state index contributed by atoms with van der Waals surface area (Å²) in [5.74, 6) is 0. The van der Waals surface area contributed by atoms with Crippen LogP contribution in [-0.4, -0.2) is 56.4 Å². The molecule has 2 heterocycles. The van der Waals surface area contributed by atoms with Crippen LogP contribution in [0.4, 0.5) is 4.79 Å². The fourth-order valence-corrected chi connectivity index (χ4v) is 2.74. The topological polar surface area (TPSA) is 103 Å². The van der Waals surface area contributed by atoms with Crippen LogP contribution in [0.15, 0.2) is 23.4 Å². The number of hydrogen-bond acceptors (Lipinski definition) is 6. The first kappa shape index (κ1) is 15.9. The summed E-state index contributed by atoms with van der Waals surface area (Å²) in [6, 6.07) is 3.05. The Bertz CT molecular complexity index is 597. The zero-order chi connectivity index (χ0) is 15.3. The summed E-state index contributed by atoms with van der Waals surface area (Å²) in [6.45, 7) is 4.19. The van der Waals surface area contributed by atoms with Crippen molar-refractivity contribution in [3.8, 4) is 0 Å². The highest BCUT2D eigenvalue weighted by Gasteiger charge is 2.23. The standard InChI is InChI=1S/C13H18N3O4S/c14-13(17)21(18,19)12-10-11(3-4-15-12)2-1-5-16-6-8-20-9-7-16/h2-4,10H,1,5-9H2,(H2,14,17). The van der Waals surface area contributed by atoms with Gasteiger partial charge in [0, 0.05) is 19.3 Å². The van der Waals surface area contributed by atoms with E-state index in [2.05, 4.69) is 9.88 Å². The zero-order valence-corrected chi connectivity index (χ0v) is 12.4. The number of pyridine rings is 1. The molecule has 115 valence electrons. The number of primary amides is 1. The van der Waals surface area contributed by atoms with Crippen LogP contribution in [-0.2, 0) is 14.6 Å². The molecule has 2 rings (SSSR count). The van der Waals surface area contributed by atoms with Crippen molar-refractivity contribution in [2.45, 2.75) is 11.4 Å². The fourth-order valence-electron chi connectivity index (χ4n) is 2.04. The van der Waals surface area contributed by atoms with Gasteiger partial charge in [-0.1, -0.05) is 0 Å². The molecule has 1 amide bonds. The number of nitrogens with two attached hydrogens (primary N) is 1. The van der Waals surface area contributed by atoms with Gasteiger partial charge in [-0.05, 0) is 37.1 Å². The largest absolute Gasteiger partial charge is 0.379 e. The van der Waals surface area contributed by atoms with Gasteiger partial charge in [-0.25, -0.2) is 13.4 Å². The van der Waals surface area contributed by atoms with Gasteiger partial charge in [0.05, 0.1) is 13.2 Å². The minimum atomic E-state index is -4.16. The van der Waals surface area contributed by atoms with Gasteiger partial charge in [-0.2, -0.15) is 0 Å². The van der Waals surface area contributed by atoms with Crippen molar-refractivity contribution in [1.82, 2.24) is 9.88 Å². The predicted molar refractivity (Wildman–Crippen MR) is 76.3 cm³/mol. The Hall–Kier alpha value is -1.51. The highest BCUT2D eigenvalue weighted by molar-refractivity contribution is 8.05. The molecule has 1 saturated heterocycles. The summed E-state index contributed by atoms with van der Waals surface area (Å²) in [5, 5.41) is -1.70. The molecular formula is C13H18N3O4S. The molecule has 0 bridgehead atoms. The van der Waals surface area contributed by atoms with E-state index in [1.807, 2.05) is 6.42 Å². The minimum absolute atomic E-state index is 0.310. The lowest BCUT2D eigenvalue weighted by atomic mass is 10.1. The van der Waals surface area contributed by atoms with E-state index in [1.165, 1.54) is 12.3 Å². The monoisotopic (exact) mass is 312 g/mol. The molecule has 1 fully saturated rings. The molecule has 1 radical (unpaired) electrons. The molecule has 8 heteroatoms. The lowest BCUT2D eigenvalue weighted by molar-refractivity contribution is 0.0384. The maximum Gasteiger partial charge on any atom is 0.340 e. The molecule has 0 atom stereocenters. The first-order valence-corrected chi connectivity index (χ1v) is 8.12. The molecule has 7 nitrogen and oxygen atoms in total. The smallest absolute Gasteiger partial charge is 0.340 e.